The minimum absolute atomic E-state index is 0.336. The molecular formula is C21H32ClN3O2. The zero-order chi connectivity index (χ0) is 19.6. The Morgan fingerprint density at radius 2 is 2.00 bits per heavy atom. The summed E-state index contributed by atoms with van der Waals surface area (Å²) in [6.45, 7) is 5.06. The molecule has 0 bridgehead atoms. The van der Waals surface area contributed by atoms with E-state index in [0.717, 1.165) is 57.3 Å². The normalized spacial score (nSPS) is 19.4. The van der Waals surface area contributed by atoms with Crippen molar-refractivity contribution in [3.8, 4) is 5.75 Å². The lowest BCUT2D eigenvalue weighted by Crippen LogP contribution is -2.45. The van der Waals surface area contributed by atoms with Crippen LogP contribution < -0.4 is 10.5 Å². The van der Waals surface area contributed by atoms with Gasteiger partial charge in [0.2, 0.25) is 5.91 Å². The summed E-state index contributed by atoms with van der Waals surface area (Å²) in [5.41, 5.74) is 7.54. The van der Waals surface area contributed by atoms with Crippen LogP contribution in [-0.4, -0.2) is 55.5 Å². The number of carbonyl (C=O) groups is 1. The van der Waals surface area contributed by atoms with E-state index in [1.54, 1.807) is 13.2 Å². The van der Waals surface area contributed by atoms with E-state index < -0.39 is 0 Å². The molecule has 6 heteroatoms. The fraction of sp³-hybridized carbons (Fsp3) is 0.667. The molecule has 1 amide bonds. The summed E-state index contributed by atoms with van der Waals surface area (Å²) < 4.78 is 5.31. The number of hydrogen-bond donors (Lipinski definition) is 1. The quantitative estimate of drug-likeness (QED) is 0.721. The van der Waals surface area contributed by atoms with Gasteiger partial charge in [0, 0.05) is 36.6 Å². The number of carbonyl (C=O) groups excluding carboxylic acids is 1. The van der Waals surface area contributed by atoms with Gasteiger partial charge >= 0.3 is 0 Å². The molecule has 0 radical (unpaired) electrons. The molecule has 3 rings (SSSR count). The Kier molecular flexibility index (Phi) is 6.53. The van der Waals surface area contributed by atoms with Crippen LogP contribution in [0.15, 0.2) is 12.1 Å². The molecule has 2 fully saturated rings. The van der Waals surface area contributed by atoms with Crippen LogP contribution in [-0.2, 0) is 11.2 Å². The van der Waals surface area contributed by atoms with E-state index in [2.05, 4.69) is 23.8 Å². The van der Waals surface area contributed by atoms with Crippen LogP contribution in [0.25, 0.3) is 0 Å². The number of nitrogens with zero attached hydrogens (tertiary/aromatic N) is 2. The van der Waals surface area contributed by atoms with Crippen LogP contribution in [0.2, 0.25) is 5.02 Å². The van der Waals surface area contributed by atoms with Gasteiger partial charge in [-0.05, 0) is 69.7 Å². The van der Waals surface area contributed by atoms with Crippen molar-refractivity contribution in [3.05, 3.63) is 22.7 Å². The average Bonchev–Trinajstić information content (AvgIpc) is 3.51. The molecule has 0 aromatic heterocycles. The van der Waals surface area contributed by atoms with Crippen LogP contribution in [0.3, 0.4) is 0 Å². The third kappa shape index (κ3) is 4.88. The molecule has 5 nitrogen and oxygen atoms in total. The second-order valence-corrected chi connectivity index (χ2v) is 8.50. The van der Waals surface area contributed by atoms with E-state index in [1.807, 2.05) is 6.07 Å². The molecule has 2 aliphatic rings. The van der Waals surface area contributed by atoms with E-state index in [4.69, 9.17) is 22.1 Å². The number of methoxy groups -OCH3 is 1. The molecule has 1 saturated heterocycles. The topological polar surface area (TPSA) is 58.8 Å². The van der Waals surface area contributed by atoms with Crippen LogP contribution in [0.1, 0.15) is 38.2 Å². The van der Waals surface area contributed by atoms with E-state index in [9.17, 15) is 4.79 Å². The second-order valence-electron chi connectivity index (χ2n) is 8.09. The van der Waals surface area contributed by atoms with E-state index in [1.165, 1.54) is 0 Å². The van der Waals surface area contributed by atoms with E-state index in [0.29, 0.717) is 40.2 Å². The lowest BCUT2D eigenvalue weighted by Gasteiger charge is -2.38. The number of likely N-dealkylation sites (tertiary alicyclic amines) is 1. The van der Waals surface area contributed by atoms with Gasteiger partial charge < -0.3 is 20.3 Å². The minimum atomic E-state index is 0.336. The van der Waals surface area contributed by atoms with Gasteiger partial charge in [-0.3, -0.25) is 4.79 Å². The zero-order valence-electron chi connectivity index (χ0n) is 16.7. The summed E-state index contributed by atoms with van der Waals surface area (Å²) in [6.07, 6.45) is 5.24. The van der Waals surface area contributed by atoms with Crippen molar-refractivity contribution >= 4 is 23.2 Å². The van der Waals surface area contributed by atoms with Gasteiger partial charge in [0.05, 0.1) is 12.8 Å². The molecule has 0 spiro atoms. The predicted octanol–water partition coefficient (Wildman–Crippen LogP) is 3.44. The molecule has 1 aliphatic carbocycles. The fourth-order valence-corrected chi connectivity index (χ4v) is 4.30. The number of piperidine rings is 1. The predicted molar refractivity (Wildman–Crippen MR) is 110 cm³/mol. The standard InChI is InChI=1S/C21H32ClN3O2/c1-14(15-7-10-25(11-8-15)21(26)16-4-5-16)24(2)9-6-17-12-20(27-3)19(23)13-18(17)22/h12-16H,4-11,23H2,1-3H3/t14-/m0/s1. The fourth-order valence-electron chi connectivity index (χ4n) is 4.03. The van der Waals surface area contributed by atoms with Crippen molar-refractivity contribution < 1.29 is 9.53 Å². The van der Waals surface area contributed by atoms with Crippen LogP contribution in [0, 0.1) is 11.8 Å². The molecule has 1 aromatic carbocycles. The maximum Gasteiger partial charge on any atom is 0.225 e. The summed E-state index contributed by atoms with van der Waals surface area (Å²) in [6, 6.07) is 4.20. The Bertz CT molecular complexity index is 670. The molecule has 2 N–H and O–H groups in total. The zero-order valence-corrected chi connectivity index (χ0v) is 17.5. The Hall–Kier alpha value is -1.46. The first-order valence-corrected chi connectivity index (χ1v) is 10.4. The monoisotopic (exact) mass is 393 g/mol. The maximum absolute atomic E-state index is 12.2. The molecule has 1 atom stereocenters. The number of rotatable bonds is 7. The molecule has 27 heavy (non-hydrogen) atoms. The number of nitrogen functional groups attached to an aromatic ring is 1. The van der Waals surface area contributed by atoms with Crippen molar-refractivity contribution in [2.24, 2.45) is 11.8 Å². The summed E-state index contributed by atoms with van der Waals surface area (Å²) in [5, 5.41) is 0.696. The van der Waals surface area contributed by atoms with Crippen molar-refractivity contribution in [1.82, 2.24) is 9.80 Å². The Morgan fingerprint density at radius 3 is 2.59 bits per heavy atom. The van der Waals surface area contributed by atoms with Crippen molar-refractivity contribution in [2.75, 3.05) is 39.5 Å². The first kappa shape index (κ1) is 20.3. The number of anilines is 1. The lowest BCUT2D eigenvalue weighted by molar-refractivity contribution is -0.134. The number of hydrogen-bond acceptors (Lipinski definition) is 4. The number of likely N-dealkylation sites (N-methyl/N-ethyl adjacent to an activating group) is 1. The molecular weight excluding hydrogens is 362 g/mol. The second kappa shape index (κ2) is 8.70. The third-order valence-electron chi connectivity index (χ3n) is 6.29. The van der Waals surface area contributed by atoms with Gasteiger partial charge in [-0.15, -0.1) is 0 Å². The number of nitrogens with two attached hydrogens (primary N) is 1. The number of ether oxygens (including phenoxy) is 1. The molecule has 1 aromatic rings. The third-order valence-corrected chi connectivity index (χ3v) is 6.64. The van der Waals surface area contributed by atoms with Gasteiger partial charge in [0.25, 0.3) is 0 Å². The van der Waals surface area contributed by atoms with Gasteiger partial charge in [-0.1, -0.05) is 11.6 Å². The van der Waals surface area contributed by atoms with Gasteiger partial charge in [-0.25, -0.2) is 0 Å². The Balaban J connectivity index is 1.49. The highest BCUT2D eigenvalue weighted by Gasteiger charge is 2.36. The SMILES string of the molecule is COc1cc(CCN(C)[C@@H](C)C2CCN(C(=O)C3CC3)CC2)c(Cl)cc1N. The van der Waals surface area contributed by atoms with Crippen molar-refractivity contribution in [1.29, 1.82) is 0 Å². The maximum atomic E-state index is 12.2. The van der Waals surface area contributed by atoms with E-state index in [-0.39, 0.29) is 0 Å². The van der Waals surface area contributed by atoms with Crippen LogP contribution in [0.4, 0.5) is 5.69 Å². The molecule has 150 valence electrons. The smallest absolute Gasteiger partial charge is 0.225 e. The molecule has 1 aliphatic heterocycles. The molecule has 0 unspecified atom stereocenters. The average molecular weight is 394 g/mol. The molecule has 1 heterocycles. The van der Waals surface area contributed by atoms with E-state index >= 15 is 0 Å². The number of amides is 1. The summed E-state index contributed by atoms with van der Waals surface area (Å²) in [5.74, 6) is 2.04. The summed E-state index contributed by atoms with van der Waals surface area (Å²) in [7, 11) is 3.80. The Morgan fingerprint density at radius 1 is 1.33 bits per heavy atom. The van der Waals surface area contributed by atoms with Crippen molar-refractivity contribution in [3.63, 3.8) is 0 Å². The highest BCUT2D eigenvalue weighted by Crippen LogP contribution is 2.33. The van der Waals surface area contributed by atoms with Crippen molar-refractivity contribution in [2.45, 2.75) is 45.1 Å². The summed E-state index contributed by atoms with van der Waals surface area (Å²) in [4.78, 5) is 16.7. The first-order chi connectivity index (χ1) is 12.9. The van der Waals surface area contributed by atoms with Crippen LogP contribution in [0.5, 0.6) is 5.75 Å². The number of benzene rings is 1. The summed E-state index contributed by atoms with van der Waals surface area (Å²) >= 11 is 6.35. The first-order valence-electron chi connectivity index (χ1n) is 10.0. The van der Waals surface area contributed by atoms with Gasteiger partial charge in [-0.2, -0.15) is 0 Å². The van der Waals surface area contributed by atoms with Gasteiger partial charge in [0.15, 0.2) is 0 Å². The van der Waals surface area contributed by atoms with Gasteiger partial charge in [0.1, 0.15) is 5.75 Å². The van der Waals surface area contributed by atoms with Crippen LogP contribution >= 0.6 is 11.6 Å². The number of halogens is 1. The minimum Gasteiger partial charge on any atom is -0.495 e. The molecule has 1 saturated carbocycles. The lowest BCUT2D eigenvalue weighted by atomic mass is 9.89. The largest absolute Gasteiger partial charge is 0.495 e. The Labute approximate surface area is 167 Å². The highest BCUT2D eigenvalue weighted by molar-refractivity contribution is 6.31. The highest BCUT2D eigenvalue weighted by atomic mass is 35.5.